The van der Waals surface area contributed by atoms with Crippen LogP contribution in [0.2, 0.25) is 0 Å². The molecule has 0 saturated carbocycles. The summed E-state index contributed by atoms with van der Waals surface area (Å²) in [5.41, 5.74) is 0. The van der Waals surface area contributed by atoms with Gasteiger partial charge in [-0.3, -0.25) is 18.6 Å². The highest BCUT2D eigenvalue weighted by molar-refractivity contribution is 7.47. The minimum atomic E-state index is -4.64. The Labute approximate surface area is 336 Å². The Hall–Kier alpha value is -1.55. The smallest absolute Gasteiger partial charge is 0.457 e. The molecule has 0 aliphatic heterocycles. The number of aliphatic hydroxyl groups is 2. The van der Waals surface area contributed by atoms with Crippen molar-refractivity contribution in [1.29, 1.82) is 0 Å². The molecule has 0 aromatic heterocycles. The van der Waals surface area contributed by atoms with E-state index in [1.165, 1.54) is 103 Å². The zero-order chi connectivity index (χ0) is 40.5. The lowest BCUT2D eigenvalue weighted by molar-refractivity contribution is -0.153. The molecule has 0 aliphatic rings. The summed E-state index contributed by atoms with van der Waals surface area (Å²) < 4.78 is 32.6. The van der Waals surface area contributed by atoms with Crippen LogP contribution < -0.4 is 0 Å². The van der Waals surface area contributed by atoms with Crippen LogP contribution in [0.15, 0.2) is 24.3 Å². The number of allylic oxidation sites excluding steroid dienone is 4. The van der Waals surface area contributed by atoms with E-state index in [4.69, 9.17) is 18.5 Å². The maximum Gasteiger partial charge on any atom is 0.472 e. The number of ether oxygens (including phenoxy) is 2. The maximum atomic E-state index is 12.4. The van der Waals surface area contributed by atoms with Crippen molar-refractivity contribution in [2.24, 2.45) is 0 Å². The van der Waals surface area contributed by atoms with Gasteiger partial charge in [-0.15, -0.1) is 0 Å². The molecule has 10 nitrogen and oxygen atoms in total. The molecule has 0 rings (SSSR count). The summed E-state index contributed by atoms with van der Waals surface area (Å²) in [6.07, 6.45) is 40.0. The van der Waals surface area contributed by atoms with Crippen molar-refractivity contribution >= 4 is 19.8 Å². The molecule has 0 fully saturated rings. The summed E-state index contributed by atoms with van der Waals surface area (Å²) in [5, 5.41) is 19.2. The number of hydrogen-bond donors (Lipinski definition) is 3. The van der Waals surface area contributed by atoms with Crippen LogP contribution in [-0.4, -0.2) is 65.7 Å². The van der Waals surface area contributed by atoms with Crippen LogP contribution in [0, 0.1) is 0 Å². The van der Waals surface area contributed by atoms with Gasteiger partial charge in [0.05, 0.1) is 26.4 Å². The Morgan fingerprint density at radius 3 is 1.04 bits per heavy atom. The quantitative estimate of drug-likeness (QED) is 0.0236. The van der Waals surface area contributed by atoms with E-state index in [1.807, 2.05) is 0 Å². The van der Waals surface area contributed by atoms with Crippen molar-refractivity contribution in [3.05, 3.63) is 24.3 Å². The molecule has 55 heavy (non-hydrogen) atoms. The van der Waals surface area contributed by atoms with Gasteiger partial charge in [0.2, 0.25) is 0 Å². The van der Waals surface area contributed by atoms with E-state index in [9.17, 15) is 29.3 Å². The van der Waals surface area contributed by atoms with Crippen molar-refractivity contribution in [3.8, 4) is 0 Å². The predicted molar refractivity (Wildman–Crippen MR) is 224 cm³/mol. The van der Waals surface area contributed by atoms with Gasteiger partial charge >= 0.3 is 19.8 Å². The lowest BCUT2D eigenvalue weighted by Crippen LogP contribution is -2.28. The van der Waals surface area contributed by atoms with Crippen molar-refractivity contribution in [3.63, 3.8) is 0 Å². The number of aliphatic hydroxyl groups excluding tert-OH is 2. The molecule has 0 saturated heterocycles. The summed E-state index contributed by atoms with van der Waals surface area (Å²) in [5.74, 6) is -1.03. The van der Waals surface area contributed by atoms with Gasteiger partial charge < -0.3 is 24.6 Å². The Bertz CT molecular complexity index is 972. The van der Waals surface area contributed by atoms with Gasteiger partial charge in [-0.25, -0.2) is 4.57 Å². The first-order chi connectivity index (χ1) is 26.8. The number of hydrogen-bond acceptors (Lipinski definition) is 9. The highest BCUT2D eigenvalue weighted by atomic mass is 31.2. The third kappa shape index (κ3) is 39.1. The summed E-state index contributed by atoms with van der Waals surface area (Å²) in [6, 6.07) is 0. The normalized spacial score (nSPS) is 14.1. The minimum absolute atomic E-state index is 0.183. The number of phosphoric acid groups is 1. The Morgan fingerprint density at radius 1 is 0.473 bits per heavy atom. The summed E-state index contributed by atoms with van der Waals surface area (Å²) in [6.45, 7) is 2.20. The van der Waals surface area contributed by atoms with Crippen LogP contribution in [-0.2, 0) is 32.7 Å². The number of unbranched alkanes of at least 4 members (excludes halogenated alkanes) is 24. The van der Waals surface area contributed by atoms with Crippen LogP contribution >= 0.6 is 7.82 Å². The number of esters is 2. The number of carbonyl (C=O) groups excluding carboxylic acids is 2. The fourth-order valence-electron chi connectivity index (χ4n) is 6.16. The monoisotopic (exact) mass is 803 g/mol. The first-order valence-electron chi connectivity index (χ1n) is 22.3. The van der Waals surface area contributed by atoms with E-state index < -0.39 is 58.4 Å². The first-order valence-corrected chi connectivity index (χ1v) is 23.8. The van der Waals surface area contributed by atoms with Crippen LogP contribution in [0.1, 0.15) is 206 Å². The molecule has 0 aliphatic carbocycles. The standard InChI is InChI=1S/C44H83O10P/c1-3-5-7-9-11-13-15-17-19-20-21-22-24-26-28-30-32-34-36-44(48)54-42(38-46)40-52-55(49,50)51-39-41(37-45)53-43(47)35-33-31-29-27-25-23-18-16-14-12-10-8-6-4-2/h16,18-20,41-42,45-46H,3-15,17,21-40H2,1-2H3,(H,49,50)/b18-16-,20-19-. The van der Waals surface area contributed by atoms with Gasteiger partial charge in [-0.05, 0) is 64.2 Å². The van der Waals surface area contributed by atoms with Gasteiger partial charge in [0.25, 0.3) is 0 Å². The van der Waals surface area contributed by atoms with E-state index in [0.717, 1.165) is 64.2 Å². The summed E-state index contributed by atoms with van der Waals surface area (Å²) in [7, 11) is -4.64. The molecule has 3 atom stereocenters. The number of carbonyl (C=O) groups is 2. The Balaban J connectivity index is 3.91. The molecule has 3 unspecified atom stereocenters. The second kappa shape index (κ2) is 40.6. The van der Waals surface area contributed by atoms with Crippen LogP contribution in [0.25, 0.3) is 0 Å². The molecule has 324 valence electrons. The van der Waals surface area contributed by atoms with Gasteiger partial charge in [-0.1, -0.05) is 154 Å². The van der Waals surface area contributed by atoms with Crippen LogP contribution in [0.4, 0.5) is 0 Å². The summed E-state index contributed by atoms with van der Waals surface area (Å²) >= 11 is 0. The fourth-order valence-corrected chi connectivity index (χ4v) is 6.95. The zero-order valence-corrected chi connectivity index (χ0v) is 36.0. The lowest BCUT2D eigenvalue weighted by atomic mass is 10.1. The predicted octanol–water partition coefficient (Wildman–Crippen LogP) is 11.8. The van der Waals surface area contributed by atoms with Gasteiger partial charge in [0, 0.05) is 12.8 Å². The molecule has 0 aromatic carbocycles. The molecular formula is C44H83O10P. The largest absolute Gasteiger partial charge is 0.472 e. The molecule has 0 bridgehead atoms. The summed E-state index contributed by atoms with van der Waals surface area (Å²) in [4.78, 5) is 34.5. The Morgan fingerprint density at radius 2 is 0.745 bits per heavy atom. The molecule has 3 N–H and O–H groups in total. The molecule has 0 amide bonds. The number of rotatable bonds is 42. The van der Waals surface area contributed by atoms with E-state index in [0.29, 0.717) is 12.8 Å². The van der Waals surface area contributed by atoms with Crippen LogP contribution in [0.5, 0.6) is 0 Å². The minimum Gasteiger partial charge on any atom is -0.457 e. The second-order valence-corrected chi connectivity index (χ2v) is 16.5. The van der Waals surface area contributed by atoms with E-state index in [-0.39, 0.29) is 12.8 Å². The molecule has 0 aromatic rings. The molecule has 0 radical (unpaired) electrons. The van der Waals surface area contributed by atoms with Crippen molar-refractivity contribution in [1.82, 2.24) is 0 Å². The average Bonchev–Trinajstić information content (AvgIpc) is 3.17. The van der Waals surface area contributed by atoms with E-state index >= 15 is 0 Å². The van der Waals surface area contributed by atoms with Gasteiger partial charge in [-0.2, -0.15) is 0 Å². The van der Waals surface area contributed by atoms with Crippen LogP contribution in [0.3, 0.4) is 0 Å². The average molecular weight is 803 g/mol. The fraction of sp³-hybridized carbons (Fsp3) is 0.864. The highest BCUT2D eigenvalue weighted by Crippen LogP contribution is 2.43. The molecule has 0 spiro atoms. The van der Waals surface area contributed by atoms with E-state index in [2.05, 4.69) is 38.2 Å². The SMILES string of the molecule is CCCCCCC/C=C\CCCCCCCC(=O)OC(CO)COP(=O)(O)OCC(CO)OC(=O)CCCCCCCCC/C=C\CCCCCCCCC. The van der Waals surface area contributed by atoms with Crippen molar-refractivity contribution in [2.45, 2.75) is 219 Å². The third-order valence-electron chi connectivity index (χ3n) is 9.64. The first kappa shape index (κ1) is 53.5. The second-order valence-electron chi connectivity index (χ2n) is 15.0. The zero-order valence-electron chi connectivity index (χ0n) is 35.2. The lowest BCUT2D eigenvalue weighted by Gasteiger charge is -2.20. The van der Waals surface area contributed by atoms with Gasteiger partial charge in [0.15, 0.2) is 0 Å². The van der Waals surface area contributed by atoms with Crippen molar-refractivity contribution < 1.29 is 47.8 Å². The van der Waals surface area contributed by atoms with E-state index in [1.54, 1.807) is 0 Å². The maximum absolute atomic E-state index is 12.4. The third-order valence-corrected chi connectivity index (χ3v) is 10.6. The molecule has 11 heteroatoms. The Kier molecular flexibility index (Phi) is 39.5. The molecular weight excluding hydrogens is 719 g/mol. The molecule has 0 heterocycles. The topological polar surface area (TPSA) is 149 Å². The van der Waals surface area contributed by atoms with Crippen molar-refractivity contribution in [2.75, 3.05) is 26.4 Å². The van der Waals surface area contributed by atoms with Gasteiger partial charge in [0.1, 0.15) is 12.2 Å². The number of phosphoric ester groups is 1. The highest BCUT2D eigenvalue weighted by Gasteiger charge is 2.27.